The Morgan fingerprint density at radius 2 is 1.86 bits per heavy atom. The first-order valence-corrected chi connectivity index (χ1v) is 11.4. The van der Waals surface area contributed by atoms with E-state index in [0.717, 1.165) is 11.8 Å². The maximum atomic E-state index is 14.8. The van der Waals surface area contributed by atoms with Crippen LogP contribution in [-0.2, 0) is 24.6 Å². The molecule has 1 aliphatic carbocycles. The van der Waals surface area contributed by atoms with E-state index in [1.54, 1.807) is 33.9 Å². The number of amides is 1. The monoisotopic (exact) mass is 499 g/mol. The number of tetrazole rings is 1. The third kappa shape index (κ3) is 4.50. The van der Waals surface area contributed by atoms with Crippen molar-refractivity contribution >= 4 is 11.7 Å². The summed E-state index contributed by atoms with van der Waals surface area (Å²) < 4.78 is 49.8. The highest BCUT2D eigenvalue weighted by atomic mass is 19.2. The van der Waals surface area contributed by atoms with Gasteiger partial charge in [-0.05, 0) is 49.7 Å². The van der Waals surface area contributed by atoms with Gasteiger partial charge in [-0.2, -0.15) is 4.80 Å². The van der Waals surface area contributed by atoms with Gasteiger partial charge in [0.1, 0.15) is 17.1 Å². The van der Waals surface area contributed by atoms with Crippen molar-refractivity contribution in [2.24, 2.45) is 7.05 Å². The van der Waals surface area contributed by atoms with Crippen molar-refractivity contribution in [3.63, 3.8) is 0 Å². The molecular weight excluding hydrogens is 475 g/mol. The summed E-state index contributed by atoms with van der Waals surface area (Å²) in [7, 11) is 1.67. The first-order chi connectivity index (χ1) is 17.0. The van der Waals surface area contributed by atoms with E-state index in [2.05, 4.69) is 20.7 Å². The second-order valence-electron chi connectivity index (χ2n) is 9.81. The van der Waals surface area contributed by atoms with Gasteiger partial charge in [0.25, 0.3) is 0 Å². The smallest absolute Gasteiger partial charge is 0.407 e. The molecule has 3 heterocycles. The second-order valence-corrected chi connectivity index (χ2v) is 9.81. The molecule has 3 aromatic heterocycles. The van der Waals surface area contributed by atoms with E-state index in [0.29, 0.717) is 28.8 Å². The number of alkyl carbamates (subject to hydrolysis) is 1. The van der Waals surface area contributed by atoms with Crippen LogP contribution in [0.2, 0.25) is 0 Å². The maximum absolute atomic E-state index is 14.8. The number of nitrogens with zero attached hydrogens (tertiary/aromatic N) is 6. The first kappa shape index (κ1) is 23.8. The van der Waals surface area contributed by atoms with Gasteiger partial charge in [0.2, 0.25) is 5.82 Å². The fourth-order valence-corrected chi connectivity index (χ4v) is 4.52. The Morgan fingerprint density at radius 1 is 1.11 bits per heavy atom. The van der Waals surface area contributed by atoms with Crippen molar-refractivity contribution in [1.82, 2.24) is 34.9 Å². The number of aromatic nitrogens is 6. The van der Waals surface area contributed by atoms with Crippen LogP contribution in [0.25, 0.3) is 17.0 Å². The van der Waals surface area contributed by atoms with Gasteiger partial charge in [0.15, 0.2) is 11.6 Å². The van der Waals surface area contributed by atoms with E-state index < -0.39 is 41.1 Å². The standard InChI is InChI=1S/C24H24F3N7O2/c1-24(2,3)36-23(35)29-18-11-20-19(9-14(18)13-8-16(26)17(27)10-15(13)25)28-21-7-12(5-6-34(20)21)22-30-32-33(4)31-22/h5-8,10,14,18H,9,11H2,1-4H3,(H,29,35)/t14-,18?/m1/s1. The molecule has 2 atom stereocenters. The highest BCUT2D eigenvalue weighted by Gasteiger charge is 2.36. The maximum Gasteiger partial charge on any atom is 0.407 e. The van der Waals surface area contributed by atoms with Crippen LogP contribution in [0.4, 0.5) is 18.0 Å². The predicted octanol–water partition coefficient (Wildman–Crippen LogP) is 3.72. The number of pyridine rings is 1. The minimum Gasteiger partial charge on any atom is -0.444 e. The summed E-state index contributed by atoms with van der Waals surface area (Å²) in [6.07, 6.45) is 1.59. The molecule has 0 radical (unpaired) electrons. The number of nitrogens with one attached hydrogen (secondary N) is 1. The molecule has 0 saturated heterocycles. The summed E-state index contributed by atoms with van der Waals surface area (Å²) >= 11 is 0. The van der Waals surface area contributed by atoms with Crippen molar-refractivity contribution in [3.05, 3.63) is 64.9 Å². The molecule has 0 spiro atoms. The predicted molar refractivity (Wildman–Crippen MR) is 123 cm³/mol. The molecule has 0 aliphatic heterocycles. The van der Waals surface area contributed by atoms with Crippen LogP contribution in [-0.4, -0.2) is 47.3 Å². The molecule has 1 aromatic carbocycles. The lowest BCUT2D eigenvalue weighted by Crippen LogP contribution is -2.46. The summed E-state index contributed by atoms with van der Waals surface area (Å²) in [5.74, 6) is -3.59. The molecule has 5 rings (SSSR count). The van der Waals surface area contributed by atoms with Crippen LogP contribution in [0.3, 0.4) is 0 Å². The van der Waals surface area contributed by atoms with Crippen LogP contribution in [0.1, 0.15) is 43.6 Å². The SMILES string of the molecule is Cn1nnc(-c2ccn3c4c(nc3c2)C[C@H](c2cc(F)c(F)cc2F)C(NC(=O)OC(C)(C)C)C4)n1. The molecule has 0 bridgehead atoms. The topological polar surface area (TPSA) is 99.2 Å². The summed E-state index contributed by atoms with van der Waals surface area (Å²) in [5, 5.41) is 14.9. The molecule has 4 aromatic rings. The number of halogens is 3. The molecule has 1 aliphatic rings. The van der Waals surface area contributed by atoms with Gasteiger partial charge in [-0.1, -0.05) is 0 Å². The van der Waals surface area contributed by atoms with Gasteiger partial charge in [0, 0.05) is 48.3 Å². The van der Waals surface area contributed by atoms with Crippen molar-refractivity contribution in [2.45, 2.75) is 51.2 Å². The van der Waals surface area contributed by atoms with Gasteiger partial charge in [-0.15, -0.1) is 10.2 Å². The molecule has 0 saturated carbocycles. The highest BCUT2D eigenvalue weighted by Crippen LogP contribution is 2.36. The summed E-state index contributed by atoms with van der Waals surface area (Å²) in [4.78, 5) is 18.7. The highest BCUT2D eigenvalue weighted by molar-refractivity contribution is 5.68. The van der Waals surface area contributed by atoms with Crippen LogP contribution in [0.5, 0.6) is 0 Å². The van der Waals surface area contributed by atoms with Gasteiger partial charge in [-0.3, -0.25) is 0 Å². The minimum atomic E-state index is -1.28. The van der Waals surface area contributed by atoms with Gasteiger partial charge < -0.3 is 14.5 Å². The lowest BCUT2D eigenvalue weighted by molar-refractivity contribution is 0.0493. The van der Waals surface area contributed by atoms with Crippen molar-refractivity contribution in [1.29, 1.82) is 0 Å². The number of fused-ring (bicyclic) bond motifs is 3. The molecule has 188 valence electrons. The van der Waals surface area contributed by atoms with E-state index in [9.17, 15) is 18.0 Å². The average Bonchev–Trinajstić information content (AvgIpc) is 3.37. The number of imidazole rings is 1. The molecule has 12 heteroatoms. The quantitative estimate of drug-likeness (QED) is 0.432. The third-order valence-corrected chi connectivity index (χ3v) is 6.03. The molecule has 0 fully saturated rings. The fourth-order valence-electron chi connectivity index (χ4n) is 4.52. The van der Waals surface area contributed by atoms with Crippen molar-refractivity contribution in [2.75, 3.05) is 0 Å². The minimum absolute atomic E-state index is 0.0397. The molecule has 1 unspecified atom stereocenters. The molecule has 1 N–H and O–H groups in total. The molecule has 1 amide bonds. The van der Waals surface area contributed by atoms with Crippen LogP contribution in [0.15, 0.2) is 30.5 Å². The van der Waals surface area contributed by atoms with Gasteiger partial charge in [0.05, 0.1) is 12.7 Å². The number of rotatable bonds is 3. The summed E-state index contributed by atoms with van der Waals surface area (Å²) in [6.45, 7) is 5.18. The van der Waals surface area contributed by atoms with E-state index in [1.165, 1.54) is 4.80 Å². The van der Waals surface area contributed by atoms with Crippen molar-refractivity contribution < 1.29 is 22.7 Å². The lowest BCUT2D eigenvalue weighted by atomic mass is 9.80. The number of benzene rings is 1. The lowest BCUT2D eigenvalue weighted by Gasteiger charge is -2.33. The Morgan fingerprint density at radius 3 is 2.56 bits per heavy atom. The number of carbonyl (C=O) groups excluding carboxylic acids is 1. The number of ether oxygens (including phenoxy) is 1. The second kappa shape index (κ2) is 8.61. The van der Waals surface area contributed by atoms with E-state index in [1.807, 2.05) is 16.7 Å². The molecule has 36 heavy (non-hydrogen) atoms. The van der Waals surface area contributed by atoms with Crippen LogP contribution < -0.4 is 5.32 Å². The van der Waals surface area contributed by atoms with Gasteiger partial charge >= 0.3 is 6.09 Å². The van der Waals surface area contributed by atoms with Crippen LogP contribution in [0, 0.1) is 17.5 Å². The average molecular weight is 499 g/mol. The zero-order chi connectivity index (χ0) is 25.8. The Bertz CT molecular complexity index is 1470. The summed E-state index contributed by atoms with van der Waals surface area (Å²) in [5.41, 5.74) is 2.00. The fraction of sp³-hybridized carbons (Fsp3) is 0.375. The largest absolute Gasteiger partial charge is 0.444 e. The van der Waals surface area contributed by atoms with E-state index in [-0.39, 0.29) is 18.4 Å². The number of hydrogen-bond acceptors (Lipinski definition) is 6. The van der Waals surface area contributed by atoms with E-state index in [4.69, 9.17) is 9.72 Å². The zero-order valence-corrected chi connectivity index (χ0v) is 20.1. The van der Waals surface area contributed by atoms with Crippen LogP contribution >= 0.6 is 0 Å². The van der Waals surface area contributed by atoms with Crippen molar-refractivity contribution in [3.8, 4) is 11.4 Å². The molecule has 9 nitrogen and oxygen atoms in total. The molecular formula is C24H24F3N7O2. The Hall–Kier alpha value is -3.96. The Kier molecular flexibility index (Phi) is 5.68. The van der Waals surface area contributed by atoms with Gasteiger partial charge in [-0.25, -0.2) is 22.9 Å². The zero-order valence-electron chi connectivity index (χ0n) is 20.1. The van der Waals surface area contributed by atoms with E-state index >= 15 is 0 Å². The summed E-state index contributed by atoms with van der Waals surface area (Å²) in [6, 6.07) is 4.34. The normalized spacial score (nSPS) is 17.8. The Balaban J connectivity index is 1.55. The third-order valence-electron chi connectivity index (χ3n) is 6.03. The number of carbonyl (C=O) groups is 1. The Labute approximate surface area is 204 Å². The first-order valence-electron chi connectivity index (χ1n) is 11.4. The number of aryl methyl sites for hydroxylation is 1. The number of hydrogen-bond donors (Lipinski definition) is 1.